The molecule has 196 valence electrons. The number of allylic oxidation sites excluding steroid dienone is 3. The Morgan fingerprint density at radius 2 is 1.92 bits per heavy atom. The third-order valence-corrected chi connectivity index (χ3v) is 10.8. The largest absolute Gasteiger partial charge is 0.508 e. The fraction of sp³-hybridized carbons (Fsp3) is 0.655. The van der Waals surface area contributed by atoms with E-state index in [1.54, 1.807) is 0 Å². The van der Waals surface area contributed by atoms with Crippen LogP contribution in [0.1, 0.15) is 70.8 Å². The highest BCUT2D eigenvalue weighted by Gasteiger charge is 2.57. The van der Waals surface area contributed by atoms with Gasteiger partial charge in [-0.25, -0.2) is 13.2 Å². The molecule has 7 heteroatoms. The Labute approximate surface area is 215 Å². The number of aromatic nitrogens is 1. The molecule has 0 saturated heterocycles. The van der Waals surface area contributed by atoms with Crippen LogP contribution in [0, 0.1) is 28.6 Å². The molecule has 6 atom stereocenters. The average molecular weight is 514 g/mol. The van der Waals surface area contributed by atoms with Gasteiger partial charge in [-0.05, 0) is 90.7 Å². The van der Waals surface area contributed by atoms with E-state index in [9.17, 15) is 13.2 Å². The summed E-state index contributed by atoms with van der Waals surface area (Å²) in [5.41, 5.74) is 4.60. The Balaban J connectivity index is 1.22. The highest BCUT2D eigenvalue weighted by atomic mass is 32.2. The summed E-state index contributed by atoms with van der Waals surface area (Å²) in [5, 5.41) is 0. The molecule has 2 fully saturated rings. The number of pyridine rings is 1. The maximum atomic E-state index is 12.2. The monoisotopic (exact) mass is 513 g/mol. The second-order valence-corrected chi connectivity index (χ2v) is 14.1. The lowest BCUT2D eigenvalue weighted by molar-refractivity contribution is -0.0358. The molecule has 0 N–H and O–H groups in total. The zero-order chi connectivity index (χ0) is 25.6. The number of rotatable bonds is 6. The number of nitrogens with zero attached hydrogens (tertiary/aromatic N) is 1. The summed E-state index contributed by atoms with van der Waals surface area (Å²) in [7, 11) is -3.05. The predicted octanol–water partition coefficient (Wildman–Crippen LogP) is 5.99. The second kappa shape index (κ2) is 9.62. The Morgan fingerprint density at radius 3 is 2.67 bits per heavy atom. The van der Waals surface area contributed by atoms with Gasteiger partial charge in [0, 0.05) is 25.1 Å². The fourth-order valence-electron chi connectivity index (χ4n) is 7.91. The van der Waals surface area contributed by atoms with E-state index in [1.807, 2.05) is 18.5 Å². The summed E-state index contributed by atoms with van der Waals surface area (Å²) in [5.74, 6) is 2.02. The van der Waals surface area contributed by atoms with Crippen LogP contribution in [0.25, 0.3) is 5.57 Å². The van der Waals surface area contributed by atoms with Crippen molar-refractivity contribution in [2.75, 3.05) is 18.6 Å². The molecule has 4 aliphatic rings. The summed E-state index contributed by atoms with van der Waals surface area (Å²) in [6.07, 6.45) is 16.8. The molecule has 0 bridgehead atoms. The first-order valence-corrected chi connectivity index (χ1v) is 15.5. The van der Waals surface area contributed by atoms with E-state index in [2.05, 4.69) is 37.0 Å². The summed E-state index contributed by atoms with van der Waals surface area (Å²) in [6, 6.07) is 4.25. The van der Waals surface area contributed by atoms with Crippen molar-refractivity contribution < 1.29 is 22.7 Å². The van der Waals surface area contributed by atoms with Crippen LogP contribution < -0.4 is 0 Å². The van der Waals surface area contributed by atoms with Crippen LogP contribution in [0.2, 0.25) is 0 Å². The maximum Gasteiger partial charge on any atom is 0.508 e. The summed E-state index contributed by atoms with van der Waals surface area (Å²) in [6.45, 7) is 4.99. The first-order valence-electron chi connectivity index (χ1n) is 13.4. The number of ether oxygens (including phenoxy) is 2. The van der Waals surface area contributed by atoms with Gasteiger partial charge in [-0.15, -0.1) is 0 Å². The maximum absolute atomic E-state index is 12.2. The number of carbonyl (C=O) groups excluding carboxylic acids is 1. The van der Waals surface area contributed by atoms with Gasteiger partial charge >= 0.3 is 6.16 Å². The van der Waals surface area contributed by atoms with Gasteiger partial charge in [0.1, 0.15) is 15.9 Å². The van der Waals surface area contributed by atoms with Crippen molar-refractivity contribution >= 4 is 21.6 Å². The van der Waals surface area contributed by atoms with Gasteiger partial charge in [-0.2, -0.15) is 0 Å². The lowest BCUT2D eigenvalue weighted by Gasteiger charge is -2.57. The molecule has 0 aliphatic heterocycles. The zero-order valence-corrected chi connectivity index (χ0v) is 22.6. The van der Waals surface area contributed by atoms with Crippen molar-refractivity contribution in [1.82, 2.24) is 4.98 Å². The number of carbonyl (C=O) groups is 1. The number of fused-ring (bicyclic) bond motifs is 5. The zero-order valence-electron chi connectivity index (χ0n) is 21.7. The topological polar surface area (TPSA) is 82.6 Å². The average Bonchev–Trinajstić information content (AvgIpc) is 3.19. The Hall–Kier alpha value is -2.15. The van der Waals surface area contributed by atoms with Crippen molar-refractivity contribution in [1.29, 1.82) is 0 Å². The van der Waals surface area contributed by atoms with E-state index in [1.165, 1.54) is 35.8 Å². The van der Waals surface area contributed by atoms with E-state index in [4.69, 9.17) is 9.47 Å². The minimum absolute atomic E-state index is 0.0107. The summed E-state index contributed by atoms with van der Waals surface area (Å²) >= 11 is 0. The molecule has 1 aromatic rings. The van der Waals surface area contributed by atoms with E-state index >= 15 is 0 Å². The van der Waals surface area contributed by atoms with E-state index in [0.717, 1.165) is 32.1 Å². The second-order valence-electron chi connectivity index (χ2n) is 11.9. The predicted molar refractivity (Wildman–Crippen MR) is 140 cm³/mol. The molecule has 36 heavy (non-hydrogen) atoms. The van der Waals surface area contributed by atoms with Crippen LogP contribution in [0.3, 0.4) is 0 Å². The Morgan fingerprint density at radius 1 is 1.11 bits per heavy atom. The standard InChI is InChI=1S/C29H39NO5S/c1-28-13-11-22(35-27(31)34-16-5-17-36(3,32)33)18-21(28)7-8-23-25-10-9-24(20-6-4-15-30-19-20)29(25,2)14-12-26(23)28/h4,6-7,9,15,19,22-23,25-26H,5,8,10-14,16-18H2,1-3H3/t22-,23-,25-,26-,28-,29+/m0/s1. The molecule has 1 aromatic heterocycles. The van der Waals surface area contributed by atoms with Crippen LogP contribution in [0.5, 0.6) is 0 Å². The van der Waals surface area contributed by atoms with Gasteiger partial charge in [0.15, 0.2) is 0 Å². The van der Waals surface area contributed by atoms with E-state index in [0.29, 0.717) is 24.2 Å². The number of hydrogen-bond donors (Lipinski definition) is 0. The summed E-state index contributed by atoms with van der Waals surface area (Å²) < 4.78 is 33.2. The Bertz CT molecular complexity index is 1160. The molecule has 5 rings (SSSR count). The van der Waals surface area contributed by atoms with Crippen LogP contribution in [0.4, 0.5) is 4.79 Å². The van der Waals surface area contributed by atoms with Crippen molar-refractivity contribution in [3.05, 3.63) is 47.8 Å². The quantitative estimate of drug-likeness (QED) is 0.264. The van der Waals surface area contributed by atoms with Crippen LogP contribution in [-0.2, 0) is 19.3 Å². The van der Waals surface area contributed by atoms with Crippen molar-refractivity contribution in [2.45, 2.75) is 71.3 Å². The first-order chi connectivity index (χ1) is 17.1. The molecular formula is C29H39NO5S. The lowest BCUT2D eigenvalue weighted by Crippen LogP contribution is -2.50. The van der Waals surface area contributed by atoms with Crippen molar-refractivity contribution in [3.8, 4) is 0 Å². The minimum Gasteiger partial charge on any atom is -0.434 e. The molecule has 0 spiro atoms. The van der Waals surface area contributed by atoms with Gasteiger partial charge in [-0.3, -0.25) is 4.98 Å². The summed E-state index contributed by atoms with van der Waals surface area (Å²) in [4.78, 5) is 16.6. The lowest BCUT2D eigenvalue weighted by atomic mass is 9.47. The van der Waals surface area contributed by atoms with Gasteiger partial charge in [0.2, 0.25) is 0 Å². The molecular weight excluding hydrogens is 474 g/mol. The van der Waals surface area contributed by atoms with Gasteiger partial charge in [0.25, 0.3) is 0 Å². The number of hydrogen-bond acceptors (Lipinski definition) is 6. The first kappa shape index (κ1) is 25.5. The van der Waals surface area contributed by atoms with Crippen LogP contribution >= 0.6 is 0 Å². The van der Waals surface area contributed by atoms with Gasteiger partial charge < -0.3 is 9.47 Å². The smallest absolute Gasteiger partial charge is 0.434 e. The van der Waals surface area contributed by atoms with E-state index in [-0.39, 0.29) is 29.3 Å². The third-order valence-electron chi connectivity index (χ3n) is 9.75. The van der Waals surface area contributed by atoms with Gasteiger partial charge in [-0.1, -0.05) is 37.6 Å². The minimum atomic E-state index is -3.05. The number of sulfone groups is 1. The molecule has 0 aromatic carbocycles. The normalized spacial score (nSPS) is 35.5. The SMILES string of the molecule is C[C@]12CC[C@H](OC(=O)OCCCS(C)(=O)=O)CC1=CC[C@@H]1[C@@H]2CC[C@]2(C)C(c3cccnc3)=CC[C@@H]12. The molecule has 0 amide bonds. The van der Waals surface area contributed by atoms with Crippen LogP contribution in [-0.4, -0.2) is 44.3 Å². The molecule has 0 unspecified atom stereocenters. The Kier molecular flexibility index (Phi) is 6.81. The molecule has 0 radical (unpaired) electrons. The fourth-order valence-corrected chi connectivity index (χ4v) is 8.55. The molecule has 4 aliphatic carbocycles. The highest BCUT2D eigenvalue weighted by molar-refractivity contribution is 7.90. The third kappa shape index (κ3) is 4.75. The molecule has 2 saturated carbocycles. The van der Waals surface area contributed by atoms with E-state index < -0.39 is 16.0 Å². The molecule has 6 nitrogen and oxygen atoms in total. The van der Waals surface area contributed by atoms with Crippen molar-refractivity contribution in [2.24, 2.45) is 28.6 Å². The van der Waals surface area contributed by atoms with Crippen LogP contribution in [0.15, 0.2) is 42.3 Å². The van der Waals surface area contributed by atoms with Crippen molar-refractivity contribution in [3.63, 3.8) is 0 Å². The molecule has 1 heterocycles. The van der Waals surface area contributed by atoms with Gasteiger partial charge in [0.05, 0.1) is 12.4 Å². The highest BCUT2D eigenvalue weighted by Crippen LogP contribution is 2.66.